The van der Waals surface area contributed by atoms with Crippen molar-refractivity contribution in [2.45, 2.75) is 33.6 Å². The topological polar surface area (TPSA) is 66.5 Å². The molecule has 29 heavy (non-hydrogen) atoms. The average molecular weight is 411 g/mol. The van der Waals surface area contributed by atoms with Crippen LogP contribution in [0.1, 0.15) is 50.2 Å². The lowest BCUT2D eigenvalue weighted by Gasteiger charge is -2.14. The lowest BCUT2D eigenvalue weighted by Crippen LogP contribution is -2.30. The molecule has 2 aromatic rings. The second-order valence-electron chi connectivity index (χ2n) is 7.39. The Morgan fingerprint density at radius 3 is 2.14 bits per heavy atom. The number of anilines is 1. The van der Waals surface area contributed by atoms with Gasteiger partial charge in [-0.05, 0) is 62.6 Å². The van der Waals surface area contributed by atoms with Crippen molar-refractivity contribution < 1.29 is 14.4 Å². The first kappa shape index (κ1) is 21.1. The van der Waals surface area contributed by atoms with E-state index in [1.165, 1.54) is 10.5 Å². The highest BCUT2D eigenvalue weighted by Crippen LogP contribution is 2.24. The summed E-state index contributed by atoms with van der Waals surface area (Å²) in [6.07, 6.45) is 1.57. The Bertz CT molecular complexity index is 897. The zero-order valence-electron chi connectivity index (χ0n) is 17.1. The second-order valence-corrected chi connectivity index (χ2v) is 8.49. The van der Waals surface area contributed by atoms with E-state index in [4.69, 9.17) is 0 Å². The van der Waals surface area contributed by atoms with Crippen LogP contribution in [0.2, 0.25) is 0 Å². The van der Waals surface area contributed by atoms with Gasteiger partial charge in [0.25, 0.3) is 11.8 Å². The molecule has 1 aliphatic rings. The number of thioether (sulfide) groups is 1. The van der Waals surface area contributed by atoms with Gasteiger partial charge in [-0.1, -0.05) is 29.8 Å². The fraction of sp³-hybridized carbons (Fsp3) is 0.348. The van der Waals surface area contributed by atoms with E-state index in [1.807, 2.05) is 20.8 Å². The van der Waals surface area contributed by atoms with Gasteiger partial charge in [0.2, 0.25) is 5.91 Å². The first-order chi connectivity index (χ1) is 13.9. The normalized spacial score (nSPS) is 13.0. The molecule has 0 unspecified atom stereocenters. The molecule has 3 amide bonds. The molecular weight excluding hydrogens is 384 g/mol. The predicted molar refractivity (Wildman–Crippen MR) is 118 cm³/mol. The minimum absolute atomic E-state index is 0.00889. The molecule has 5 nitrogen and oxygen atoms in total. The Labute approximate surface area is 175 Å². The first-order valence-electron chi connectivity index (χ1n) is 9.79. The van der Waals surface area contributed by atoms with Gasteiger partial charge in [-0.25, -0.2) is 0 Å². The molecule has 1 aliphatic heterocycles. The van der Waals surface area contributed by atoms with Crippen molar-refractivity contribution in [3.05, 3.63) is 64.2 Å². The third-order valence-corrected chi connectivity index (χ3v) is 6.02. The number of aryl methyl sites for hydroxylation is 3. The van der Waals surface area contributed by atoms with E-state index >= 15 is 0 Å². The van der Waals surface area contributed by atoms with E-state index in [0.717, 1.165) is 35.4 Å². The van der Waals surface area contributed by atoms with E-state index < -0.39 is 0 Å². The van der Waals surface area contributed by atoms with Crippen LogP contribution in [0.4, 0.5) is 5.69 Å². The van der Waals surface area contributed by atoms with Crippen LogP contribution in [0.15, 0.2) is 36.4 Å². The van der Waals surface area contributed by atoms with Gasteiger partial charge < -0.3 is 5.32 Å². The number of nitrogens with one attached hydrogen (secondary N) is 1. The maximum Gasteiger partial charge on any atom is 0.261 e. The van der Waals surface area contributed by atoms with E-state index in [1.54, 1.807) is 36.0 Å². The van der Waals surface area contributed by atoms with Crippen molar-refractivity contribution in [2.24, 2.45) is 0 Å². The molecule has 2 aromatic carbocycles. The number of benzene rings is 2. The van der Waals surface area contributed by atoms with Crippen molar-refractivity contribution in [1.29, 1.82) is 0 Å². The number of amides is 3. The number of carbonyl (C=O) groups excluding carboxylic acids is 3. The average Bonchev–Trinajstić information content (AvgIpc) is 2.92. The van der Waals surface area contributed by atoms with Crippen LogP contribution in [0, 0.1) is 20.8 Å². The lowest BCUT2D eigenvalue weighted by molar-refractivity contribution is -0.113. The molecule has 0 aromatic heterocycles. The van der Waals surface area contributed by atoms with Crippen LogP contribution in [0.5, 0.6) is 0 Å². The number of rotatable bonds is 8. The van der Waals surface area contributed by atoms with Crippen LogP contribution in [-0.4, -0.2) is 40.7 Å². The van der Waals surface area contributed by atoms with Crippen LogP contribution < -0.4 is 5.32 Å². The number of hydrogen-bond donors (Lipinski definition) is 1. The second kappa shape index (κ2) is 9.27. The van der Waals surface area contributed by atoms with Crippen molar-refractivity contribution in [3.63, 3.8) is 0 Å². The minimum Gasteiger partial charge on any atom is -0.325 e. The summed E-state index contributed by atoms with van der Waals surface area (Å²) in [6.45, 7) is 6.47. The third kappa shape index (κ3) is 4.88. The number of nitrogens with zero attached hydrogens (tertiary/aromatic N) is 1. The molecular formula is C23H26N2O3S. The largest absolute Gasteiger partial charge is 0.325 e. The third-order valence-electron chi connectivity index (χ3n) is 4.97. The van der Waals surface area contributed by atoms with Gasteiger partial charge in [0.05, 0.1) is 16.9 Å². The summed E-state index contributed by atoms with van der Waals surface area (Å²) in [5.41, 5.74) is 5.20. The van der Waals surface area contributed by atoms with Crippen molar-refractivity contribution in [2.75, 3.05) is 23.4 Å². The molecule has 0 bridgehead atoms. The Hall–Kier alpha value is -2.60. The highest BCUT2D eigenvalue weighted by atomic mass is 32.2. The standard InChI is InChI=1S/C23H26N2O3S/c1-15-12-16(2)21(17(3)13-15)24-20(26)14-29-11-7-6-10-25-22(27)18-8-4-5-9-19(18)23(25)28/h4-5,8-9,12-13H,6-7,10-11,14H2,1-3H3,(H,24,26). The molecule has 0 fully saturated rings. The molecule has 152 valence electrons. The highest BCUT2D eigenvalue weighted by Gasteiger charge is 2.34. The summed E-state index contributed by atoms with van der Waals surface area (Å²) in [5, 5.41) is 3.01. The van der Waals surface area contributed by atoms with Gasteiger partial charge in [-0.3, -0.25) is 19.3 Å². The number of fused-ring (bicyclic) bond motifs is 1. The maximum atomic E-state index is 12.3. The molecule has 1 N–H and O–H groups in total. The summed E-state index contributed by atoms with van der Waals surface area (Å²) in [7, 11) is 0. The van der Waals surface area contributed by atoms with E-state index in [2.05, 4.69) is 17.4 Å². The SMILES string of the molecule is Cc1cc(C)c(NC(=O)CSCCCCN2C(=O)c3ccccc3C2=O)c(C)c1. The summed E-state index contributed by atoms with van der Waals surface area (Å²) in [5.74, 6) is 0.774. The zero-order valence-corrected chi connectivity index (χ0v) is 17.9. The number of unbranched alkanes of at least 4 members (excludes halogenated alkanes) is 1. The van der Waals surface area contributed by atoms with Crippen LogP contribution in [0.25, 0.3) is 0 Å². The van der Waals surface area contributed by atoms with Gasteiger partial charge in [-0.2, -0.15) is 11.8 Å². The van der Waals surface area contributed by atoms with Crippen molar-refractivity contribution in [3.8, 4) is 0 Å². The van der Waals surface area contributed by atoms with E-state index in [9.17, 15) is 14.4 Å². The van der Waals surface area contributed by atoms with E-state index in [-0.39, 0.29) is 17.7 Å². The maximum absolute atomic E-state index is 12.3. The molecule has 0 saturated carbocycles. The molecule has 0 radical (unpaired) electrons. The lowest BCUT2D eigenvalue weighted by atomic mass is 10.1. The Morgan fingerprint density at radius 2 is 1.55 bits per heavy atom. The Balaban J connectivity index is 1.37. The molecule has 1 heterocycles. The zero-order chi connectivity index (χ0) is 21.0. The van der Waals surface area contributed by atoms with Gasteiger partial charge in [0.1, 0.15) is 0 Å². The van der Waals surface area contributed by atoms with E-state index in [0.29, 0.717) is 23.4 Å². The summed E-state index contributed by atoms with van der Waals surface area (Å²) >= 11 is 1.57. The minimum atomic E-state index is -0.207. The van der Waals surface area contributed by atoms with Gasteiger partial charge in [0, 0.05) is 12.2 Å². The number of imide groups is 1. The summed E-state index contributed by atoms with van der Waals surface area (Å²) in [4.78, 5) is 38.2. The quantitative estimate of drug-likeness (QED) is 0.519. The fourth-order valence-corrected chi connectivity index (χ4v) is 4.44. The molecule has 0 spiro atoms. The van der Waals surface area contributed by atoms with Crippen LogP contribution in [0.3, 0.4) is 0 Å². The molecule has 0 aliphatic carbocycles. The number of hydrogen-bond acceptors (Lipinski definition) is 4. The van der Waals surface area contributed by atoms with Gasteiger partial charge in [-0.15, -0.1) is 0 Å². The molecule has 0 saturated heterocycles. The smallest absolute Gasteiger partial charge is 0.261 e. The highest BCUT2D eigenvalue weighted by molar-refractivity contribution is 7.99. The monoisotopic (exact) mass is 410 g/mol. The summed E-state index contributed by atoms with van der Waals surface area (Å²) < 4.78 is 0. The Morgan fingerprint density at radius 1 is 0.966 bits per heavy atom. The van der Waals surface area contributed by atoms with Gasteiger partial charge >= 0.3 is 0 Å². The molecule has 3 rings (SSSR count). The van der Waals surface area contributed by atoms with Crippen LogP contribution >= 0.6 is 11.8 Å². The van der Waals surface area contributed by atoms with Crippen molar-refractivity contribution >= 4 is 35.2 Å². The predicted octanol–water partition coefficient (Wildman–Crippen LogP) is 4.36. The molecule has 0 atom stereocenters. The Kier molecular flexibility index (Phi) is 6.75. The number of carbonyl (C=O) groups is 3. The molecule has 6 heteroatoms. The van der Waals surface area contributed by atoms with Crippen molar-refractivity contribution in [1.82, 2.24) is 4.90 Å². The van der Waals surface area contributed by atoms with Crippen LogP contribution in [-0.2, 0) is 4.79 Å². The van der Waals surface area contributed by atoms with Gasteiger partial charge in [0.15, 0.2) is 0 Å². The first-order valence-corrected chi connectivity index (χ1v) is 10.9. The summed E-state index contributed by atoms with van der Waals surface area (Å²) in [6, 6.07) is 11.1. The fourth-order valence-electron chi connectivity index (χ4n) is 3.63.